The number of hydrogen-bond donors (Lipinski definition) is 1. The van der Waals surface area contributed by atoms with Crippen LogP contribution in [0.4, 0.5) is 0 Å². The predicted molar refractivity (Wildman–Crippen MR) is 105 cm³/mol. The molecule has 1 aliphatic rings. The molecule has 1 saturated heterocycles. The summed E-state index contributed by atoms with van der Waals surface area (Å²) < 4.78 is 5.55. The highest BCUT2D eigenvalue weighted by atomic mass is 16.5. The molecule has 146 valence electrons. The fourth-order valence-electron chi connectivity index (χ4n) is 3.26. The van der Waals surface area contributed by atoms with Crippen LogP contribution in [0.3, 0.4) is 0 Å². The summed E-state index contributed by atoms with van der Waals surface area (Å²) in [5.41, 5.74) is 1.10. The van der Waals surface area contributed by atoms with E-state index in [-0.39, 0.29) is 17.4 Å². The molecule has 6 nitrogen and oxygen atoms in total. The summed E-state index contributed by atoms with van der Waals surface area (Å²) in [6.07, 6.45) is 2.29. The lowest BCUT2D eigenvalue weighted by Gasteiger charge is -2.24. The van der Waals surface area contributed by atoms with E-state index >= 15 is 0 Å². The highest BCUT2D eigenvalue weighted by molar-refractivity contribution is 6.46. The number of ether oxygens (including phenoxy) is 1. The second-order valence-corrected chi connectivity index (χ2v) is 6.89. The maximum absolute atomic E-state index is 12.8. The van der Waals surface area contributed by atoms with Crippen LogP contribution >= 0.6 is 0 Å². The van der Waals surface area contributed by atoms with Gasteiger partial charge in [0.05, 0.1) is 17.4 Å². The summed E-state index contributed by atoms with van der Waals surface area (Å²) in [4.78, 5) is 31.3. The van der Waals surface area contributed by atoms with Gasteiger partial charge in [0.15, 0.2) is 0 Å². The Morgan fingerprint density at radius 2 is 1.86 bits per heavy atom. The first-order chi connectivity index (χ1) is 13.5. The van der Waals surface area contributed by atoms with Crippen molar-refractivity contribution in [1.29, 1.82) is 0 Å². The van der Waals surface area contributed by atoms with E-state index in [2.05, 4.69) is 4.98 Å². The first kappa shape index (κ1) is 19.8. The van der Waals surface area contributed by atoms with Gasteiger partial charge in [0.25, 0.3) is 11.7 Å². The van der Waals surface area contributed by atoms with Crippen LogP contribution in [0.5, 0.6) is 0 Å². The minimum absolute atomic E-state index is 0.0691. The number of ketones is 1. The number of aliphatic hydroxyl groups excluding tert-OH is 1. The summed E-state index contributed by atoms with van der Waals surface area (Å²) in [5.74, 6) is -1.50. The third-order valence-corrected chi connectivity index (χ3v) is 4.55. The average molecular weight is 380 g/mol. The van der Waals surface area contributed by atoms with Crippen LogP contribution in [0.2, 0.25) is 0 Å². The molecule has 0 aliphatic carbocycles. The zero-order valence-electron chi connectivity index (χ0n) is 16.0. The smallest absolute Gasteiger partial charge is 0.295 e. The van der Waals surface area contributed by atoms with Crippen molar-refractivity contribution in [3.8, 4) is 0 Å². The maximum atomic E-state index is 12.8. The molecule has 2 heterocycles. The van der Waals surface area contributed by atoms with Crippen molar-refractivity contribution in [3.63, 3.8) is 0 Å². The number of aliphatic hydroxyl groups is 1. The number of carbonyl (C=O) groups excluding carboxylic acids is 2. The topological polar surface area (TPSA) is 79.7 Å². The summed E-state index contributed by atoms with van der Waals surface area (Å²) >= 11 is 0. The third kappa shape index (κ3) is 4.12. The molecule has 0 unspecified atom stereocenters. The van der Waals surface area contributed by atoms with Crippen molar-refractivity contribution >= 4 is 17.4 Å². The number of Topliss-reactive ketones (excluding diaryl/α,β-unsaturated/α-hetero) is 1. The number of aromatic nitrogens is 1. The molecule has 6 heteroatoms. The predicted octanol–water partition coefficient (Wildman–Crippen LogP) is 3.32. The van der Waals surface area contributed by atoms with Crippen molar-refractivity contribution < 1.29 is 19.4 Å². The molecule has 1 atom stereocenters. The van der Waals surface area contributed by atoms with Gasteiger partial charge in [-0.2, -0.15) is 0 Å². The summed E-state index contributed by atoms with van der Waals surface area (Å²) in [6, 6.07) is 13.4. The van der Waals surface area contributed by atoms with E-state index in [1.807, 2.05) is 19.9 Å². The summed E-state index contributed by atoms with van der Waals surface area (Å²) in [5, 5.41) is 10.8. The number of hydrogen-bond acceptors (Lipinski definition) is 5. The summed E-state index contributed by atoms with van der Waals surface area (Å²) in [7, 11) is 0. The van der Waals surface area contributed by atoms with E-state index in [0.717, 1.165) is 0 Å². The van der Waals surface area contributed by atoms with E-state index in [1.165, 1.54) is 4.90 Å². The first-order valence-corrected chi connectivity index (χ1v) is 9.37. The molecule has 2 aromatic rings. The van der Waals surface area contributed by atoms with Crippen molar-refractivity contribution in [1.82, 2.24) is 9.88 Å². The average Bonchev–Trinajstić information content (AvgIpc) is 2.96. The van der Waals surface area contributed by atoms with E-state index < -0.39 is 17.7 Å². The number of pyridine rings is 1. The highest BCUT2D eigenvalue weighted by Gasteiger charge is 2.46. The lowest BCUT2D eigenvalue weighted by Crippen LogP contribution is -2.31. The van der Waals surface area contributed by atoms with E-state index in [9.17, 15) is 14.7 Å². The second kappa shape index (κ2) is 8.80. The van der Waals surface area contributed by atoms with Crippen molar-refractivity contribution in [2.24, 2.45) is 0 Å². The number of rotatable bonds is 7. The molecular formula is C22H24N2O4. The van der Waals surface area contributed by atoms with Gasteiger partial charge in [-0.15, -0.1) is 0 Å². The summed E-state index contributed by atoms with van der Waals surface area (Å²) in [6.45, 7) is 4.71. The van der Waals surface area contributed by atoms with Crippen molar-refractivity contribution in [3.05, 3.63) is 71.6 Å². The molecule has 0 spiro atoms. The van der Waals surface area contributed by atoms with Crippen LogP contribution in [0, 0.1) is 0 Å². The zero-order chi connectivity index (χ0) is 20.1. The fraction of sp³-hybridized carbons (Fsp3) is 0.318. The zero-order valence-corrected chi connectivity index (χ0v) is 16.0. The molecule has 1 N–H and O–H groups in total. The first-order valence-electron chi connectivity index (χ1n) is 9.37. The van der Waals surface area contributed by atoms with Gasteiger partial charge in [-0.05, 0) is 32.4 Å². The Hall–Kier alpha value is -2.99. The van der Waals surface area contributed by atoms with Gasteiger partial charge in [0, 0.05) is 24.9 Å². The molecule has 1 aromatic heterocycles. The Labute approximate surface area is 164 Å². The Morgan fingerprint density at radius 1 is 1.14 bits per heavy atom. The minimum atomic E-state index is -0.722. The van der Waals surface area contributed by atoms with Gasteiger partial charge in [-0.3, -0.25) is 14.6 Å². The van der Waals surface area contributed by atoms with Crippen LogP contribution in [-0.4, -0.2) is 45.9 Å². The Bertz CT molecular complexity index is 863. The van der Waals surface area contributed by atoms with E-state index in [0.29, 0.717) is 30.8 Å². The van der Waals surface area contributed by atoms with Crippen LogP contribution in [0.1, 0.15) is 37.6 Å². The number of likely N-dealkylation sites (tertiary alicyclic amines) is 1. The lowest BCUT2D eigenvalue weighted by atomic mass is 9.98. The largest absolute Gasteiger partial charge is 0.507 e. The van der Waals surface area contributed by atoms with Gasteiger partial charge in [-0.1, -0.05) is 36.4 Å². The molecular weight excluding hydrogens is 356 g/mol. The SMILES string of the molecule is CC(C)OCCCN1C(=O)C(=O)C(=C(O)c2ccccc2)[C@H]1c1ccccn1. The molecule has 1 amide bonds. The van der Waals surface area contributed by atoms with E-state index in [1.54, 1.807) is 48.7 Å². The number of carbonyl (C=O) groups is 2. The number of benzene rings is 1. The van der Waals surface area contributed by atoms with Gasteiger partial charge in [-0.25, -0.2) is 0 Å². The third-order valence-electron chi connectivity index (χ3n) is 4.55. The van der Waals surface area contributed by atoms with Gasteiger partial charge < -0.3 is 14.7 Å². The fourth-order valence-corrected chi connectivity index (χ4v) is 3.26. The van der Waals surface area contributed by atoms with E-state index in [4.69, 9.17) is 4.74 Å². The van der Waals surface area contributed by atoms with Gasteiger partial charge in [0.2, 0.25) is 0 Å². The van der Waals surface area contributed by atoms with Crippen LogP contribution < -0.4 is 0 Å². The second-order valence-electron chi connectivity index (χ2n) is 6.89. The van der Waals surface area contributed by atoms with Crippen LogP contribution in [0.15, 0.2) is 60.3 Å². The standard InChI is InChI=1S/C22H24N2O4/c1-15(2)28-14-8-13-24-19(17-11-6-7-12-23-17)18(21(26)22(24)27)20(25)16-9-4-3-5-10-16/h3-7,9-12,15,19,25H,8,13-14H2,1-2H3/t19-/m1/s1. The lowest BCUT2D eigenvalue weighted by molar-refractivity contribution is -0.140. The minimum Gasteiger partial charge on any atom is -0.507 e. The Kier molecular flexibility index (Phi) is 6.21. The van der Waals surface area contributed by atoms with Crippen molar-refractivity contribution in [2.75, 3.05) is 13.2 Å². The van der Waals surface area contributed by atoms with Crippen molar-refractivity contribution in [2.45, 2.75) is 32.4 Å². The Balaban J connectivity index is 1.99. The normalized spacial score (nSPS) is 18.8. The quantitative estimate of drug-likeness (QED) is 0.345. The molecule has 0 bridgehead atoms. The van der Waals surface area contributed by atoms with Gasteiger partial charge >= 0.3 is 0 Å². The number of nitrogens with zero attached hydrogens (tertiary/aromatic N) is 2. The van der Waals surface area contributed by atoms with Gasteiger partial charge in [0.1, 0.15) is 11.8 Å². The maximum Gasteiger partial charge on any atom is 0.295 e. The molecule has 28 heavy (non-hydrogen) atoms. The number of amides is 1. The molecule has 3 rings (SSSR count). The molecule has 1 aromatic carbocycles. The van der Waals surface area contributed by atoms with Crippen LogP contribution in [-0.2, 0) is 14.3 Å². The molecule has 1 fully saturated rings. The molecule has 0 saturated carbocycles. The molecule has 0 radical (unpaired) electrons. The Morgan fingerprint density at radius 3 is 2.50 bits per heavy atom. The highest BCUT2D eigenvalue weighted by Crippen LogP contribution is 2.38. The van der Waals surface area contributed by atoms with Crippen LogP contribution in [0.25, 0.3) is 5.76 Å². The molecule has 1 aliphatic heterocycles. The monoisotopic (exact) mass is 380 g/mol.